The van der Waals surface area contributed by atoms with Gasteiger partial charge in [-0.15, -0.1) is 0 Å². The molecule has 1 aromatic rings. The highest BCUT2D eigenvalue weighted by Crippen LogP contribution is 2.30. The van der Waals surface area contributed by atoms with Crippen molar-refractivity contribution < 1.29 is 26.4 Å². The average molecular weight is 421 g/mol. The molecule has 1 saturated heterocycles. The minimum atomic E-state index is -4.64. The zero-order valence-electron chi connectivity index (χ0n) is 15.6. The Morgan fingerprint density at radius 3 is 2.43 bits per heavy atom. The normalized spacial score (nSPS) is 16.5. The molecule has 0 aromatic heterocycles. The Hall–Kier alpha value is -1.65. The number of nitrogens with zero attached hydrogens (tertiary/aromatic N) is 1. The van der Waals surface area contributed by atoms with Crippen LogP contribution in [-0.4, -0.2) is 51.9 Å². The zero-order chi connectivity index (χ0) is 20.6. The summed E-state index contributed by atoms with van der Waals surface area (Å²) in [6.45, 7) is 2.88. The molecule has 1 fully saturated rings. The van der Waals surface area contributed by atoms with E-state index < -0.39 is 39.1 Å². The van der Waals surface area contributed by atoms with E-state index in [1.54, 1.807) is 0 Å². The minimum Gasteiger partial charge on any atom is -0.355 e. The van der Waals surface area contributed by atoms with Crippen LogP contribution in [0, 0.1) is 0 Å². The second kappa shape index (κ2) is 10.2. The van der Waals surface area contributed by atoms with Gasteiger partial charge in [0, 0.05) is 6.54 Å². The van der Waals surface area contributed by atoms with Crippen LogP contribution in [0.1, 0.15) is 37.7 Å². The zero-order valence-corrected chi connectivity index (χ0v) is 16.4. The summed E-state index contributed by atoms with van der Waals surface area (Å²) in [5.41, 5.74) is -1.06. The summed E-state index contributed by atoms with van der Waals surface area (Å²) in [6, 6.07) is 3.40. The van der Waals surface area contributed by atoms with E-state index in [0.717, 1.165) is 44.3 Å². The number of nitrogens with one attached hydrogen (secondary N) is 2. The van der Waals surface area contributed by atoms with Crippen LogP contribution in [0.3, 0.4) is 0 Å². The average Bonchev–Trinajstić information content (AvgIpc) is 2.92. The molecule has 1 amide bonds. The third kappa shape index (κ3) is 7.40. The van der Waals surface area contributed by atoms with E-state index in [1.165, 1.54) is 25.7 Å². The smallest absolute Gasteiger partial charge is 0.355 e. The molecule has 0 aliphatic carbocycles. The molecule has 2 rings (SSSR count). The van der Waals surface area contributed by atoms with E-state index in [4.69, 9.17) is 0 Å². The maximum Gasteiger partial charge on any atom is 0.416 e. The van der Waals surface area contributed by atoms with Gasteiger partial charge >= 0.3 is 6.18 Å². The summed E-state index contributed by atoms with van der Waals surface area (Å²) < 4.78 is 64.4. The summed E-state index contributed by atoms with van der Waals surface area (Å²) in [5.74, 6) is -0.522. The Morgan fingerprint density at radius 2 is 1.79 bits per heavy atom. The second-order valence-corrected chi connectivity index (χ2v) is 8.58. The highest BCUT2D eigenvalue weighted by Gasteiger charge is 2.31. The summed E-state index contributed by atoms with van der Waals surface area (Å²) >= 11 is 0. The van der Waals surface area contributed by atoms with Gasteiger partial charge in [0.05, 0.1) is 17.0 Å². The number of alkyl halides is 3. The van der Waals surface area contributed by atoms with E-state index >= 15 is 0 Å². The summed E-state index contributed by atoms with van der Waals surface area (Å²) in [5, 5.41) is 2.63. The molecule has 1 aromatic carbocycles. The lowest BCUT2D eigenvalue weighted by atomic mass is 10.2. The fraction of sp³-hybridized carbons (Fsp3) is 0.611. The fourth-order valence-electron chi connectivity index (χ4n) is 3.04. The molecule has 1 aliphatic heterocycles. The van der Waals surface area contributed by atoms with Gasteiger partial charge in [0.2, 0.25) is 15.9 Å². The first-order chi connectivity index (χ1) is 13.2. The Balaban J connectivity index is 1.75. The van der Waals surface area contributed by atoms with Crippen molar-refractivity contribution >= 4 is 15.9 Å². The Kier molecular flexibility index (Phi) is 8.26. The van der Waals surface area contributed by atoms with Crippen molar-refractivity contribution in [2.45, 2.75) is 43.2 Å². The highest BCUT2D eigenvalue weighted by atomic mass is 32.2. The molecule has 1 aliphatic rings. The second-order valence-electron chi connectivity index (χ2n) is 6.81. The fourth-order valence-corrected chi connectivity index (χ4v) is 4.06. The summed E-state index contributed by atoms with van der Waals surface area (Å²) in [7, 11) is -4.21. The van der Waals surface area contributed by atoms with Crippen LogP contribution in [0.15, 0.2) is 29.2 Å². The molecule has 6 nitrogen and oxygen atoms in total. The topological polar surface area (TPSA) is 78.5 Å². The molecule has 0 radical (unpaired) electrons. The summed E-state index contributed by atoms with van der Waals surface area (Å²) in [4.78, 5) is 13.6. The molecular formula is C18H26F3N3O3S. The molecule has 0 unspecified atom stereocenters. The number of carbonyl (C=O) groups is 1. The molecule has 1 heterocycles. The van der Waals surface area contributed by atoms with Crippen LogP contribution in [0.2, 0.25) is 0 Å². The van der Waals surface area contributed by atoms with Crippen molar-refractivity contribution in [1.82, 2.24) is 14.9 Å². The number of hydrogen-bond donors (Lipinski definition) is 2. The monoisotopic (exact) mass is 421 g/mol. The Morgan fingerprint density at radius 1 is 1.11 bits per heavy atom. The highest BCUT2D eigenvalue weighted by molar-refractivity contribution is 7.89. The van der Waals surface area contributed by atoms with Gasteiger partial charge in [-0.25, -0.2) is 13.1 Å². The quantitative estimate of drug-likeness (QED) is 0.632. The van der Waals surface area contributed by atoms with Crippen molar-refractivity contribution in [3.8, 4) is 0 Å². The van der Waals surface area contributed by atoms with Gasteiger partial charge in [-0.3, -0.25) is 4.79 Å². The van der Waals surface area contributed by atoms with E-state index in [9.17, 15) is 26.4 Å². The van der Waals surface area contributed by atoms with Crippen LogP contribution in [-0.2, 0) is 21.0 Å². The number of carbonyl (C=O) groups excluding carboxylic acids is 1. The van der Waals surface area contributed by atoms with Gasteiger partial charge in [0.15, 0.2) is 0 Å². The van der Waals surface area contributed by atoms with E-state index in [1.807, 2.05) is 4.72 Å². The molecule has 10 heteroatoms. The number of hydrogen-bond acceptors (Lipinski definition) is 4. The largest absolute Gasteiger partial charge is 0.416 e. The lowest BCUT2D eigenvalue weighted by molar-refractivity contribution is -0.137. The molecular weight excluding hydrogens is 395 g/mol. The number of sulfonamides is 1. The third-order valence-electron chi connectivity index (χ3n) is 4.57. The van der Waals surface area contributed by atoms with Crippen LogP contribution in [0.4, 0.5) is 13.2 Å². The van der Waals surface area contributed by atoms with Crippen molar-refractivity contribution in [3.05, 3.63) is 29.8 Å². The van der Waals surface area contributed by atoms with Crippen molar-refractivity contribution in [2.24, 2.45) is 0 Å². The standard InChI is InChI=1S/C18H26F3N3O3S/c19-18(20,21)15-7-5-8-16(13-15)28(26,27)23-14-17(25)22-9-6-12-24-10-3-1-2-4-11-24/h5,7-8,13,23H,1-4,6,9-12,14H2,(H,22,25). The van der Waals surface area contributed by atoms with Crippen molar-refractivity contribution in [3.63, 3.8) is 0 Å². The predicted molar refractivity (Wildman–Crippen MR) is 99.2 cm³/mol. The van der Waals surface area contributed by atoms with Gasteiger partial charge in [-0.2, -0.15) is 13.2 Å². The first-order valence-corrected chi connectivity index (χ1v) is 10.8. The van der Waals surface area contributed by atoms with Gasteiger partial charge in [-0.1, -0.05) is 18.9 Å². The minimum absolute atomic E-state index is 0.417. The predicted octanol–water partition coefficient (Wildman–Crippen LogP) is 2.37. The number of benzene rings is 1. The van der Waals surface area contributed by atoms with Gasteiger partial charge in [0.25, 0.3) is 0 Å². The van der Waals surface area contributed by atoms with Crippen molar-refractivity contribution in [1.29, 1.82) is 0 Å². The maximum atomic E-state index is 12.7. The number of halogens is 3. The van der Waals surface area contributed by atoms with Gasteiger partial charge in [-0.05, 0) is 57.1 Å². The number of amides is 1. The van der Waals surface area contributed by atoms with Gasteiger partial charge in [0.1, 0.15) is 0 Å². The first-order valence-electron chi connectivity index (χ1n) is 9.34. The molecule has 0 atom stereocenters. The van der Waals surface area contributed by atoms with Crippen LogP contribution >= 0.6 is 0 Å². The summed E-state index contributed by atoms with van der Waals surface area (Å²) in [6.07, 6.45) is 0.980. The lowest BCUT2D eigenvalue weighted by Crippen LogP contribution is -2.38. The van der Waals surface area contributed by atoms with Gasteiger partial charge < -0.3 is 10.2 Å². The Bertz CT molecular complexity index is 746. The Labute approximate surface area is 163 Å². The van der Waals surface area contributed by atoms with Crippen molar-refractivity contribution in [2.75, 3.05) is 32.7 Å². The van der Waals surface area contributed by atoms with E-state index in [-0.39, 0.29) is 0 Å². The molecule has 0 saturated carbocycles. The first kappa shape index (κ1) is 22.6. The number of rotatable bonds is 8. The molecule has 2 N–H and O–H groups in total. The van der Waals surface area contributed by atoms with E-state index in [2.05, 4.69) is 10.2 Å². The lowest BCUT2D eigenvalue weighted by Gasteiger charge is -2.19. The third-order valence-corrected chi connectivity index (χ3v) is 5.97. The van der Waals surface area contributed by atoms with Crippen LogP contribution in [0.25, 0.3) is 0 Å². The molecule has 158 valence electrons. The van der Waals surface area contributed by atoms with Crippen LogP contribution in [0.5, 0.6) is 0 Å². The number of likely N-dealkylation sites (tertiary alicyclic amines) is 1. The molecule has 0 spiro atoms. The molecule has 28 heavy (non-hydrogen) atoms. The van der Waals surface area contributed by atoms with Crippen LogP contribution < -0.4 is 10.0 Å². The van der Waals surface area contributed by atoms with E-state index in [0.29, 0.717) is 12.6 Å². The SMILES string of the molecule is O=C(CNS(=O)(=O)c1cccc(C(F)(F)F)c1)NCCCN1CCCCCC1. The molecule has 0 bridgehead atoms. The maximum absolute atomic E-state index is 12.7.